The highest BCUT2D eigenvalue weighted by atomic mass is 15.1. The number of allylic oxidation sites excluding steroid dienone is 14. The second kappa shape index (κ2) is 15.5. The van der Waals surface area contributed by atoms with Crippen molar-refractivity contribution in [2.75, 3.05) is 0 Å². The fraction of sp³-hybridized carbons (Fsp3) is 0.0862. The first-order chi connectivity index (χ1) is 29.8. The number of aromatic nitrogens is 2. The van der Waals surface area contributed by atoms with Crippen LogP contribution in [0.5, 0.6) is 0 Å². The average molecular weight is 769 g/mol. The maximum atomic E-state index is 5.24. The van der Waals surface area contributed by atoms with Crippen LogP contribution in [0.25, 0.3) is 71.7 Å². The van der Waals surface area contributed by atoms with Crippen LogP contribution in [0.4, 0.5) is 0 Å². The van der Waals surface area contributed by atoms with Gasteiger partial charge < -0.3 is 0 Å². The van der Waals surface area contributed by atoms with Gasteiger partial charge in [-0.1, -0.05) is 194 Å². The van der Waals surface area contributed by atoms with E-state index in [0.29, 0.717) is 0 Å². The van der Waals surface area contributed by atoms with Crippen molar-refractivity contribution in [3.05, 3.63) is 241 Å². The third-order valence-electron chi connectivity index (χ3n) is 12.5. The predicted octanol–water partition coefficient (Wildman–Crippen LogP) is 15.3. The van der Waals surface area contributed by atoms with Crippen molar-refractivity contribution in [3.8, 4) is 22.3 Å². The molecule has 0 fully saturated rings. The van der Waals surface area contributed by atoms with Crippen LogP contribution in [-0.2, 0) is 0 Å². The first-order valence-electron chi connectivity index (χ1n) is 21.3. The molecule has 0 saturated carbocycles. The molecule has 2 nitrogen and oxygen atoms in total. The van der Waals surface area contributed by atoms with E-state index in [-0.39, 0.29) is 11.8 Å². The Morgan fingerprint density at radius 2 is 1.25 bits per heavy atom. The molecule has 0 bridgehead atoms. The molecular weight excluding hydrogens is 725 g/mol. The lowest BCUT2D eigenvalue weighted by molar-refractivity contribution is 0.853. The molecule has 1 heterocycles. The van der Waals surface area contributed by atoms with Crippen LogP contribution in [0.2, 0.25) is 0 Å². The number of benzene rings is 7. The molecule has 0 radical (unpaired) electrons. The molecular formula is C58H44N2. The van der Waals surface area contributed by atoms with E-state index in [1.165, 1.54) is 77.3 Å². The zero-order valence-corrected chi connectivity index (χ0v) is 33.5. The highest BCUT2D eigenvalue weighted by Gasteiger charge is 2.26. The predicted molar refractivity (Wildman–Crippen MR) is 255 cm³/mol. The Labute approximate surface area is 351 Å². The Morgan fingerprint density at radius 1 is 0.533 bits per heavy atom. The standard InChI is InChI=1S/C58H44N2/c1-4-19-41(20-5-1)46-27-10-12-29-48(46)56-50-31-14-15-32-51(50)57(49-30-13-11-28-47(49)42-21-6-2-7-22-42)53-39-44(37-38-52(53)56)40-23-18-24-43(36-35-40)58-59-54-33-16-17-34-55(54)60(58)45-25-8-3-9-26-45/h1-8,10-25,28-39,43,46H,9,26-27H2. The summed E-state index contributed by atoms with van der Waals surface area (Å²) >= 11 is 0. The lowest BCUT2D eigenvalue weighted by Crippen LogP contribution is -2.07. The zero-order chi connectivity index (χ0) is 39.8. The molecule has 8 aromatic rings. The Morgan fingerprint density at radius 3 is 2.08 bits per heavy atom. The van der Waals surface area contributed by atoms with Gasteiger partial charge in [-0.15, -0.1) is 0 Å². The van der Waals surface area contributed by atoms with Gasteiger partial charge in [-0.25, -0.2) is 4.98 Å². The quantitative estimate of drug-likeness (QED) is 0.148. The second-order valence-electron chi connectivity index (χ2n) is 16.0. The number of nitrogens with zero attached hydrogens (tertiary/aromatic N) is 2. The number of fused-ring (bicyclic) bond motifs is 3. The van der Waals surface area contributed by atoms with Crippen LogP contribution in [0.3, 0.4) is 0 Å². The van der Waals surface area contributed by atoms with Crippen LogP contribution in [-0.4, -0.2) is 9.55 Å². The largest absolute Gasteiger partial charge is 0.299 e. The highest BCUT2D eigenvalue weighted by molar-refractivity contribution is 6.21. The van der Waals surface area contributed by atoms with Gasteiger partial charge in [0.1, 0.15) is 5.82 Å². The molecule has 0 N–H and O–H groups in total. The summed E-state index contributed by atoms with van der Waals surface area (Å²) in [5, 5.41) is 5.07. The molecule has 0 saturated heterocycles. The Balaban J connectivity index is 1.11. The molecule has 2 unspecified atom stereocenters. The van der Waals surface area contributed by atoms with Gasteiger partial charge in [-0.3, -0.25) is 4.57 Å². The van der Waals surface area contributed by atoms with Crippen molar-refractivity contribution in [1.29, 1.82) is 0 Å². The number of hydrogen-bond acceptors (Lipinski definition) is 1. The molecule has 7 aromatic carbocycles. The van der Waals surface area contributed by atoms with Gasteiger partial charge in [-0.05, 0) is 115 Å². The summed E-state index contributed by atoms with van der Waals surface area (Å²) in [7, 11) is 0. The minimum atomic E-state index is 0.0171. The maximum Gasteiger partial charge on any atom is 0.125 e. The number of imidazole rings is 1. The smallest absolute Gasteiger partial charge is 0.125 e. The van der Waals surface area contributed by atoms with Crippen molar-refractivity contribution < 1.29 is 0 Å². The van der Waals surface area contributed by atoms with Crippen molar-refractivity contribution >= 4 is 49.4 Å². The summed E-state index contributed by atoms with van der Waals surface area (Å²) in [4.78, 5) is 5.24. The van der Waals surface area contributed by atoms with Crippen LogP contribution in [0.1, 0.15) is 53.6 Å². The lowest BCUT2D eigenvalue weighted by atomic mass is 9.76. The van der Waals surface area contributed by atoms with Crippen molar-refractivity contribution in [3.63, 3.8) is 0 Å². The Bertz CT molecular complexity index is 3160. The summed E-state index contributed by atoms with van der Waals surface area (Å²) in [5.41, 5.74) is 14.8. The topological polar surface area (TPSA) is 17.8 Å². The van der Waals surface area contributed by atoms with E-state index < -0.39 is 0 Å². The highest BCUT2D eigenvalue weighted by Crippen LogP contribution is 2.49. The van der Waals surface area contributed by atoms with Crippen molar-refractivity contribution in [2.45, 2.75) is 31.1 Å². The normalized spacial score (nSPS) is 17.5. The number of hydrogen-bond donors (Lipinski definition) is 0. The van der Waals surface area contributed by atoms with Gasteiger partial charge in [0.05, 0.1) is 17.0 Å². The van der Waals surface area contributed by atoms with Gasteiger partial charge in [0, 0.05) is 11.6 Å². The fourth-order valence-electron chi connectivity index (χ4n) is 9.73. The Hall–Kier alpha value is -7.29. The lowest BCUT2D eigenvalue weighted by Gasteiger charge is -2.27. The molecule has 0 aliphatic heterocycles. The van der Waals surface area contributed by atoms with E-state index in [4.69, 9.17) is 4.98 Å². The zero-order valence-electron chi connectivity index (χ0n) is 33.5. The van der Waals surface area contributed by atoms with Crippen LogP contribution < -0.4 is 0 Å². The minimum Gasteiger partial charge on any atom is -0.299 e. The monoisotopic (exact) mass is 768 g/mol. The first-order valence-corrected chi connectivity index (χ1v) is 21.3. The van der Waals surface area contributed by atoms with Crippen LogP contribution >= 0.6 is 0 Å². The van der Waals surface area contributed by atoms with Gasteiger partial charge in [0.25, 0.3) is 0 Å². The van der Waals surface area contributed by atoms with Gasteiger partial charge in [-0.2, -0.15) is 0 Å². The van der Waals surface area contributed by atoms with Gasteiger partial charge in [0.2, 0.25) is 0 Å². The molecule has 11 rings (SSSR count). The number of rotatable bonds is 7. The van der Waals surface area contributed by atoms with Crippen molar-refractivity contribution in [1.82, 2.24) is 9.55 Å². The molecule has 3 aliphatic carbocycles. The molecule has 2 heteroatoms. The van der Waals surface area contributed by atoms with E-state index in [0.717, 1.165) is 36.1 Å². The molecule has 286 valence electrons. The van der Waals surface area contributed by atoms with Crippen LogP contribution in [0.15, 0.2) is 218 Å². The summed E-state index contributed by atoms with van der Waals surface area (Å²) < 4.78 is 2.39. The summed E-state index contributed by atoms with van der Waals surface area (Å²) in [6, 6.07) is 55.6. The van der Waals surface area contributed by atoms with Crippen molar-refractivity contribution in [2.24, 2.45) is 0 Å². The molecule has 60 heavy (non-hydrogen) atoms. The van der Waals surface area contributed by atoms with E-state index in [2.05, 4.69) is 223 Å². The fourth-order valence-corrected chi connectivity index (χ4v) is 9.73. The first kappa shape index (κ1) is 35.8. The summed E-state index contributed by atoms with van der Waals surface area (Å²) in [5.74, 6) is 1.32. The number of para-hydroxylation sites is 2. The second-order valence-corrected chi connectivity index (χ2v) is 16.0. The third kappa shape index (κ3) is 6.33. The maximum absolute atomic E-state index is 5.24. The van der Waals surface area contributed by atoms with E-state index in [1.807, 2.05) is 0 Å². The summed E-state index contributed by atoms with van der Waals surface area (Å²) in [6.45, 7) is 0. The van der Waals surface area contributed by atoms with Gasteiger partial charge in [0.15, 0.2) is 0 Å². The van der Waals surface area contributed by atoms with E-state index >= 15 is 0 Å². The molecule has 3 aliphatic rings. The SMILES string of the molecule is C1=CCCC(n2c(C3C=CC=C(c4ccc5c(C6=CC=CCC6c6ccccc6)c6ccccc6c(-c6ccccc6-c6ccccc6)c5c4)C=C3)nc3ccccc32)=C1. The van der Waals surface area contributed by atoms with E-state index in [9.17, 15) is 0 Å². The van der Waals surface area contributed by atoms with Gasteiger partial charge >= 0.3 is 0 Å². The Kier molecular flexibility index (Phi) is 9.24. The average Bonchev–Trinajstić information content (AvgIpc) is 3.54. The minimum absolute atomic E-state index is 0.0171. The molecule has 0 amide bonds. The molecule has 1 aromatic heterocycles. The molecule has 2 atom stereocenters. The van der Waals surface area contributed by atoms with Crippen LogP contribution in [0, 0.1) is 0 Å². The molecule has 0 spiro atoms. The third-order valence-corrected chi connectivity index (χ3v) is 12.5. The summed E-state index contributed by atoms with van der Waals surface area (Å²) in [6.07, 6.45) is 28.0. The van der Waals surface area contributed by atoms with E-state index in [1.54, 1.807) is 0 Å².